The number of ether oxygens (including phenoxy) is 1. The number of benzene rings is 1. The lowest BCUT2D eigenvalue weighted by Crippen LogP contribution is -2.66. The normalized spacial score (nSPS) is 29.8. The maximum Gasteiger partial charge on any atom is 0.223 e. The molecule has 0 saturated carbocycles. The van der Waals surface area contributed by atoms with E-state index in [2.05, 4.69) is 40.9 Å². The maximum absolute atomic E-state index is 12.8. The number of piperidine rings is 3. The van der Waals surface area contributed by atoms with Crippen molar-refractivity contribution in [3.63, 3.8) is 0 Å². The van der Waals surface area contributed by atoms with E-state index < -0.39 is 0 Å². The summed E-state index contributed by atoms with van der Waals surface area (Å²) in [5, 5.41) is 8.89. The minimum Gasteiger partial charge on any atom is -0.491 e. The zero-order chi connectivity index (χ0) is 20.4. The second kappa shape index (κ2) is 9.02. The van der Waals surface area contributed by atoms with Gasteiger partial charge in [-0.05, 0) is 62.9 Å². The Morgan fingerprint density at radius 3 is 2.66 bits per heavy atom. The Hall–Kier alpha value is -1.63. The van der Waals surface area contributed by atoms with Gasteiger partial charge in [-0.1, -0.05) is 12.1 Å². The molecule has 1 N–H and O–H groups in total. The number of aliphatic hydroxyl groups excluding tert-OH is 1. The second-order valence-electron chi connectivity index (χ2n) is 9.26. The van der Waals surface area contributed by atoms with Gasteiger partial charge in [-0.3, -0.25) is 9.69 Å². The zero-order valence-corrected chi connectivity index (χ0v) is 17.8. The molecular formula is C23H35N3O3. The molecule has 6 heteroatoms. The molecular weight excluding hydrogens is 366 g/mol. The van der Waals surface area contributed by atoms with E-state index in [1.54, 1.807) is 0 Å². The van der Waals surface area contributed by atoms with Crippen LogP contribution in [0.25, 0.3) is 0 Å². The van der Waals surface area contributed by atoms with Crippen molar-refractivity contribution < 1.29 is 14.6 Å². The molecule has 0 radical (unpaired) electrons. The minimum atomic E-state index is 0.0348. The smallest absolute Gasteiger partial charge is 0.223 e. The van der Waals surface area contributed by atoms with E-state index in [0.29, 0.717) is 36.4 Å². The number of fused-ring (bicyclic) bond motifs is 4. The summed E-state index contributed by atoms with van der Waals surface area (Å²) in [6, 6.07) is 9.01. The average Bonchev–Trinajstić information content (AvgIpc) is 2.70. The molecule has 3 saturated heterocycles. The van der Waals surface area contributed by atoms with Gasteiger partial charge in [0.2, 0.25) is 5.91 Å². The van der Waals surface area contributed by atoms with Crippen molar-refractivity contribution in [1.29, 1.82) is 0 Å². The van der Waals surface area contributed by atoms with Crippen LogP contribution in [0.4, 0.5) is 0 Å². The number of hydrogen-bond acceptors (Lipinski definition) is 5. The third-order valence-corrected chi connectivity index (χ3v) is 6.81. The van der Waals surface area contributed by atoms with Gasteiger partial charge in [-0.2, -0.15) is 0 Å². The highest BCUT2D eigenvalue weighted by Gasteiger charge is 2.49. The Labute approximate surface area is 174 Å². The van der Waals surface area contributed by atoms with Gasteiger partial charge in [0.05, 0.1) is 6.61 Å². The molecule has 3 aliphatic heterocycles. The molecule has 4 atom stereocenters. The molecule has 3 aliphatic rings. The van der Waals surface area contributed by atoms with E-state index in [0.717, 1.165) is 51.2 Å². The molecule has 0 spiro atoms. The first-order valence-corrected chi connectivity index (χ1v) is 11.1. The Kier molecular flexibility index (Phi) is 6.42. The maximum atomic E-state index is 12.8. The topological polar surface area (TPSA) is 56.2 Å². The molecule has 2 bridgehead atoms. The van der Waals surface area contributed by atoms with Gasteiger partial charge in [0.15, 0.2) is 0 Å². The first-order valence-electron chi connectivity index (χ1n) is 11.1. The van der Waals surface area contributed by atoms with Crippen LogP contribution in [0.1, 0.15) is 31.2 Å². The van der Waals surface area contributed by atoms with Crippen molar-refractivity contribution in [2.24, 2.45) is 11.8 Å². The fraction of sp³-hybridized carbons (Fsp3) is 0.696. The van der Waals surface area contributed by atoms with E-state index >= 15 is 0 Å². The fourth-order valence-corrected chi connectivity index (χ4v) is 5.72. The van der Waals surface area contributed by atoms with Crippen LogP contribution in [0.15, 0.2) is 24.3 Å². The molecule has 3 heterocycles. The van der Waals surface area contributed by atoms with Crippen molar-refractivity contribution in [3.8, 4) is 5.75 Å². The number of nitrogens with zero attached hydrogens (tertiary/aromatic N) is 3. The highest BCUT2D eigenvalue weighted by atomic mass is 16.5. The number of likely N-dealkylation sites (tertiary alicyclic amines) is 1. The summed E-state index contributed by atoms with van der Waals surface area (Å²) in [5.74, 6) is 2.35. The fourth-order valence-electron chi connectivity index (χ4n) is 5.72. The zero-order valence-electron chi connectivity index (χ0n) is 17.8. The third-order valence-electron chi connectivity index (χ3n) is 6.81. The molecule has 1 aromatic rings. The van der Waals surface area contributed by atoms with Crippen molar-refractivity contribution in [2.75, 3.05) is 46.9 Å². The lowest BCUT2D eigenvalue weighted by Gasteiger charge is -2.57. The summed E-state index contributed by atoms with van der Waals surface area (Å²) in [4.78, 5) is 19.9. The largest absolute Gasteiger partial charge is 0.491 e. The van der Waals surface area contributed by atoms with Crippen molar-refractivity contribution in [1.82, 2.24) is 14.7 Å². The predicted octanol–water partition coefficient (Wildman–Crippen LogP) is 1.82. The minimum absolute atomic E-state index is 0.0348. The molecule has 0 unspecified atom stereocenters. The number of carbonyl (C=O) groups excluding carboxylic acids is 1. The highest BCUT2D eigenvalue weighted by Crippen LogP contribution is 2.42. The van der Waals surface area contributed by atoms with Gasteiger partial charge >= 0.3 is 0 Å². The molecule has 29 heavy (non-hydrogen) atoms. The van der Waals surface area contributed by atoms with E-state index in [4.69, 9.17) is 9.84 Å². The van der Waals surface area contributed by atoms with Crippen LogP contribution in [0.3, 0.4) is 0 Å². The van der Waals surface area contributed by atoms with E-state index in [9.17, 15) is 4.79 Å². The van der Waals surface area contributed by atoms with Gasteiger partial charge in [-0.15, -0.1) is 0 Å². The molecule has 0 aliphatic carbocycles. The standard InChI is InChI=1S/C23H35N3O3/c1-24(2)16-22-19-12-18(21-4-3-5-23(28)26(21)22)14-25(15-19)13-17-6-8-20(9-7-17)29-11-10-27/h6-9,18-19,21-22,27H,3-5,10-16H2,1-2H3/t18-,19+,21+,22+/m1/s1. The van der Waals surface area contributed by atoms with Crippen LogP contribution in [0, 0.1) is 11.8 Å². The van der Waals surface area contributed by atoms with Gasteiger partial charge in [0, 0.05) is 44.7 Å². The number of likely N-dealkylation sites (N-methyl/N-ethyl adjacent to an activating group) is 1. The summed E-state index contributed by atoms with van der Waals surface area (Å²) in [6.45, 7) is 4.43. The third kappa shape index (κ3) is 4.60. The Balaban J connectivity index is 1.46. The molecule has 4 rings (SSSR count). The summed E-state index contributed by atoms with van der Waals surface area (Å²) >= 11 is 0. The van der Waals surface area contributed by atoms with Crippen LogP contribution in [-0.2, 0) is 11.3 Å². The lowest BCUT2D eigenvalue weighted by atomic mass is 9.72. The molecule has 1 amide bonds. The number of carbonyl (C=O) groups is 1. The molecule has 1 aromatic carbocycles. The SMILES string of the molecule is CN(C)C[C@H]1[C@H]2C[C@H](CN(Cc3ccc(OCCO)cc3)C2)[C@@H]2CCCC(=O)N21. The Morgan fingerprint density at radius 1 is 1.17 bits per heavy atom. The van der Waals surface area contributed by atoms with E-state index in [1.165, 1.54) is 12.0 Å². The number of amides is 1. The second-order valence-corrected chi connectivity index (χ2v) is 9.26. The van der Waals surface area contributed by atoms with E-state index in [1.807, 2.05) is 12.1 Å². The first kappa shape index (κ1) is 20.6. The first-order chi connectivity index (χ1) is 14.0. The summed E-state index contributed by atoms with van der Waals surface area (Å²) in [5.41, 5.74) is 1.29. The monoisotopic (exact) mass is 401 g/mol. The lowest BCUT2D eigenvalue weighted by molar-refractivity contribution is -0.153. The summed E-state index contributed by atoms with van der Waals surface area (Å²) in [7, 11) is 4.24. The van der Waals surface area contributed by atoms with Crippen LogP contribution in [-0.4, -0.2) is 84.7 Å². The van der Waals surface area contributed by atoms with Crippen LogP contribution < -0.4 is 4.74 Å². The van der Waals surface area contributed by atoms with Gasteiger partial charge in [-0.25, -0.2) is 0 Å². The summed E-state index contributed by atoms with van der Waals surface area (Å²) < 4.78 is 5.48. The predicted molar refractivity (Wildman–Crippen MR) is 113 cm³/mol. The molecule has 3 fully saturated rings. The van der Waals surface area contributed by atoms with E-state index in [-0.39, 0.29) is 6.61 Å². The number of rotatable bonds is 7. The van der Waals surface area contributed by atoms with Crippen molar-refractivity contribution in [2.45, 2.75) is 44.3 Å². The van der Waals surface area contributed by atoms with Crippen LogP contribution in [0.2, 0.25) is 0 Å². The van der Waals surface area contributed by atoms with Crippen LogP contribution >= 0.6 is 0 Å². The van der Waals surface area contributed by atoms with Gasteiger partial charge in [0.1, 0.15) is 12.4 Å². The molecule has 160 valence electrons. The molecule has 6 nitrogen and oxygen atoms in total. The summed E-state index contributed by atoms with van der Waals surface area (Å²) in [6.07, 6.45) is 4.20. The quantitative estimate of drug-likeness (QED) is 0.755. The number of hydrogen-bond donors (Lipinski definition) is 1. The average molecular weight is 402 g/mol. The van der Waals surface area contributed by atoms with Crippen LogP contribution in [0.5, 0.6) is 5.75 Å². The van der Waals surface area contributed by atoms with Crippen molar-refractivity contribution in [3.05, 3.63) is 29.8 Å². The van der Waals surface area contributed by atoms with Gasteiger partial charge in [0.25, 0.3) is 0 Å². The molecule has 0 aromatic heterocycles. The number of aliphatic hydroxyl groups is 1. The van der Waals surface area contributed by atoms with Crippen molar-refractivity contribution >= 4 is 5.91 Å². The highest BCUT2D eigenvalue weighted by molar-refractivity contribution is 5.78. The Bertz CT molecular complexity index is 693. The Morgan fingerprint density at radius 2 is 1.93 bits per heavy atom. The van der Waals surface area contributed by atoms with Gasteiger partial charge < -0.3 is 19.6 Å².